The van der Waals surface area contributed by atoms with Gasteiger partial charge in [-0.25, -0.2) is 0 Å². The van der Waals surface area contributed by atoms with Crippen molar-refractivity contribution in [1.82, 2.24) is 4.98 Å². The second kappa shape index (κ2) is 5.47. The summed E-state index contributed by atoms with van der Waals surface area (Å²) in [4.78, 5) is 3.22. The molecular weight excluding hydrogens is 272 g/mol. The van der Waals surface area contributed by atoms with Crippen LogP contribution in [-0.2, 0) is 30.1 Å². The fourth-order valence-corrected chi connectivity index (χ4v) is 2.33. The fourth-order valence-electron chi connectivity index (χ4n) is 0.994. The molecule has 1 nitrogen and oxygen atoms in total. The van der Waals surface area contributed by atoms with Crippen LogP contribution in [0.4, 0.5) is 0 Å². The molecule has 1 N–H and O–H groups in total. The van der Waals surface area contributed by atoms with Crippen LogP contribution in [0.2, 0.25) is 0 Å². The molecular formula is C8H12Cl2NZr. The number of halogens is 2. The summed E-state index contributed by atoms with van der Waals surface area (Å²) in [6.07, 6.45) is 2.02. The van der Waals surface area contributed by atoms with Gasteiger partial charge in [0.05, 0.1) is 0 Å². The summed E-state index contributed by atoms with van der Waals surface area (Å²) >= 11 is 1.47. The molecule has 0 amide bonds. The van der Waals surface area contributed by atoms with E-state index in [0.717, 1.165) is 0 Å². The number of aromatic nitrogens is 1. The van der Waals surface area contributed by atoms with Crippen molar-refractivity contribution in [3.63, 3.8) is 0 Å². The third-order valence-corrected chi connectivity index (χ3v) is 2.57. The van der Waals surface area contributed by atoms with Gasteiger partial charge in [-0.1, -0.05) is 0 Å². The second-order valence-corrected chi connectivity index (χ2v) is 4.75. The molecule has 0 radical (unpaired) electrons. The molecule has 1 aromatic rings. The van der Waals surface area contributed by atoms with Crippen molar-refractivity contribution in [1.29, 1.82) is 0 Å². The van der Waals surface area contributed by atoms with Crippen LogP contribution in [0, 0.1) is 0 Å². The smallest absolute Gasteiger partial charge is 1.00 e. The van der Waals surface area contributed by atoms with E-state index in [4.69, 9.17) is 0 Å². The van der Waals surface area contributed by atoms with Crippen molar-refractivity contribution >= 4 is 3.40 Å². The topological polar surface area (TPSA) is 15.8 Å². The Morgan fingerprint density at radius 3 is 1.92 bits per heavy atom. The fraction of sp³-hybridized carbons (Fsp3) is 0.500. The van der Waals surface area contributed by atoms with E-state index >= 15 is 0 Å². The van der Waals surface area contributed by atoms with Gasteiger partial charge in [0.15, 0.2) is 0 Å². The van der Waals surface area contributed by atoms with Crippen LogP contribution in [0.5, 0.6) is 0 Å². The Bertz CT molecular complexity index is 227. The Labute approximate surface area is 101 Å². The van der Waals surface area contributed by atoms with Crippen LogP contribution >= 0.6 is 0 Å². The van der Waals surface area contributed by atoms with Crippen LogP contribution in [0.1, 0.15) is 26.3 Å². The first-order chi connectivity index (χ1) is 4.52. The minimum Gasteiger partial charge on any atom is -1.00 e. The van der Waals surface area contributed by atoms with Gasteiger partial charge in [-0.2, -0.15) is 0 Å². The summed E-state index contributed by atoms with van der Waals surface area (Å²) in [5.41, 5.74) is 1.75. The maximum atomic E-state index is 3.22. The molecule has 0 aliphatic rings. The van der Waals surface area contributed by atoms with Gasteiger partial charge < -0.3 is 24.8 Å². The van der Waals surface area contributed by atoms with Crippen molar-refractivity contribution < 1.29 is 49.5 Å². The largest absolute Gasteiger partial charge is 1.00 e. The van der Waals surface area contributed by atoms with E-state index < -0.39 is 0 Å². The maximum Gasteiger partial charge on any atom is -1.00 e. The van der Waals surface area contributed by atoms with E-state index in [2.05, 4.69) is 31.8 Å². The first-order valence-electron chi connectivity index (χ1n) is 3.41. The molecule has 0 spiro atoms. The molecule has 0 aromatic carbocycles. The molecule has 1 heterocycles. The van der Waals surface area contributed by atoms with Crippen molar-refractivity contribution in [2.24, 2.45) is 0 Å². The molecule has 1 rings (SSSR count). The Kier molecular flexibility index (Phi) is 6.94. The first kappa shape index (κ1) is 15.2. The molecule has 0 saturated carbocycles. The zero-order valence-corrected chi connectivity index (χ0v) is 11.4. The molecule has 12 heavy (non-hydrogen) atoms. The standard InChI is InChI=1S/C8H12N.2ClH.Zr/c1-8(2,3)7-4-5-9-6-7;;;/h4-5,9H,1-3H3;2*1H;/q;;;+2/p-2. The van der Waals surface area contributed by atoms with Crippen LogP contribution in [-0.4, -0.2) is 4.98 Å². The molecule has 0 saturated heterocycles. The van der Waals surface area contributed by atoms with E-state index in [-0.39, 0.29) is 24.8 Å². The average molecular weight is 284 g/mol. The monoisotopic (exact) mass is 282 g/mol. The molecule has 0 bridgehead atoms. The summed E-state index contributed by atoms with van der Waals surface area (Å²) in [6.45, 7) is 6.72. The van der Waals surface area contributed by atoms with Gasteiger partial charge in [-0.15, -0.1) is 0 Å². The number of hydrogen-bond acceptors (Lipinski definition) is 0. The Morgan fingerprint density at radius 1 is 1.25 bits per heavy atom. The van der Waals surface area contributed by atoms with Crippen molar-refractivity contribution in [2.75, 3.05) is 0 Å². The first-order valence-corrected chi connectivity index (χ1v) is 4.64. The van der Waals surface area contributed by atoms with Gasteiger partial charge in [0, 0.05) is 0 Å². The van der Waals surface area contributed by atoms with Gasteiger partial charge in [-0.3, -0.25) is 0 Å². The predicted molar refractivity (Wildman–Crippen MR) is 39.1 cm³/mol. The van der Waals surface area contributed by atoms with E-state index in [1.807, 2.05) is 6.20 Å². The zero-order valence-electron chi connectivity index (χ0n) is 7.41. The van der Waals surface area contributed by atoms with Crippen molar-refractivity contribution in [2.45, 2.75) is 26.2 Å². The van der Waals surface area contributed by atoms with Gasteiger partial charge in [-0.05, 0) is 0 Å². The number of rotatable bonds is 0. The summed E-state index contributed by atoms with van der Waals surface area (Å²) in [7, 11) is 0. The Balaban J connectivity index is 0. The molecule has 4 heteroatoms. The van der Waals surface area contributed by atoms with Crippen LogP contribution < -0.4 is 28.2 Å². The molecule has 0 fully saturated rings. The quantitative estimate of drug-likeness (QED) is 0.494. The van der Waals surface area contributed by atoms with E-state index in [0.29, 0.717) is 5.41 Å². The summed E-state index contributed by atoms with van der Waals surface area (Å²) in [5, 5.41) is 0. The molecule has 67 valence electrons. The number of H-pyrrole nitrogens is 1. The predicted octanol–water partition coefficient (Wildman–Crippen LogP) is -4.51. The number of aromatic amines is 1. The van der Waals surface area contributed by atoms with Gasteiger partial charge >= 0.3 is 77.1 Å². The van der Waals surface area contributed by atoms with Crippen LogP contribution in [0.25, 0.3) is 0 Å². The summed E-state index contributed by atoms with van der Waals surface area (Å²) in [5.74, 6) is 0. The van der Waals surface area contributed by atoms with Crippen molar-refractivity contribution in [3.05, 3.63) is 17.8 Å². The Hall–Kier alpha value is 0.743. The molecule has 0 aliphatic carbocycles. The number of nitrogens with one attached hydrogen (secondary N) is 1. The number of hydrogen-bond donors (Lipinski definition) is 1. The van der Waals surface area contributed by atoms with Gasteiger partial charge in [0.2, 0.25) is 0 Å². The molecule has 0 unspecified atom stereocenters. The third-order valence-electron chi connectivity index (χ3n) is 1.56. The zero-order chi connectivity index (χ0) is 7.78. The van der Waals surface area contributed by atoms with E-state index in [9.17, 15) is 0 Å². The molecule has 0 atom stereocenters. The SMILES string of the molecule is CC(C)(C)c1cc[nH][c]1[Zr+2].[Cl-].[Cl-]. The minimum absolute atomic E-state index is 0. The Morgan fingerprint density at radius 2 is 1.75 bits per heavy atom. The van der Waals surface area contributed by atoms with Gasteiger partial charge in [0.25, 0.3) is 0 Å². The molecule has 0 aliphatic heterocycles. The van der Waals surface area contributed by atoms with Crippen LogP contribution in [0.3, 0.4) is 0 Å². The van der Waals surface area contributed by atoms with Crippen LogP contribution in [0.15, 0.2) is 12.3 Å². The molecule has 1 aromatic heterocycles. The maximum absolute atomic E-state index is 3.22. The van der Waals surface area contributed by atoms with Gasteiger partial charge in [0.1, 0.15) is 0 Å². The van der Waals surface area contributed by atoms with E-state index in [1.165, 1.54) is 33.7 Å². The van der Waals surface area contributed by atoms with E-state index in [1.54, 1.807) is 0 Å². The second-order valence-electron chi connectivity index (χ2n) is 3.52. The third kappa shape index (κ3) is 3.64. The van der Waals surface area contributed by atoms with Crippen molar-refractivity contribution in [3.8, 4) is 0 Å². The summed E-state index contributed by atoms with van der Waals surface area (Å²) < 4.78 is 1.37. The minimum atomic E-state index is 0. The average Bonchev–Trinajstić information content (AvgIpc) is 2.11. The summed E-state index contributed by atoms with van der Waals surface area (Å²) in [6, 6.07) is 2.17. The normalized spacial score (nSPS) is 10.1.